The van der Waals surface area contributed by atoms with Gasteiger partial charge in [-0.1, -0.05) is 22.0 Å². The average molecular weight is 258 g/mol. The fraction of sp³-hybridized carbons (Fsp3) is 0.300. The third-order valence-corrected chi connectivity index (χ3v) is 2.22. The van der Waals surface area contributed by atoms with Crippen LogP contribution in [0.1, 0.15) is 6.92 Å². The Morgan fingerprint density at radius 3 is 2.86 bits per heavy atom. The van der Waals surface area contributed by atoms with E-state index in [0.717, 1.165) is 4.47 Å². The maximum absolute atomic E-state index is 11.2. The molecular weight excluding hydrogens is 246 g/mol. The molecule has 0 fully saturated rings. The predicted octanol–water partition coefficient (Wildman–Crippen LogP) is 1.96. The molecule has 14 heavy (non-hydrogen) atoms. The average Bonchev–Trinajstić information content (AvgIpc) is 2.16. The summed E-state index contributed by atoms with van der Waals surface area (Å²) in [6, 6.07) is 7.39. The number of likely N-dealkylation sites (N-methyl/N-ethyl adjacent to an activating group) is 1. The normalized spacial score (nSPS) is 11.9. The molecule has 0 saturated carbocycles. The van der Waals surface area contributed by atoms with Crippen LogP contribution in [0.2, 0.25) is 0 Å². The summed E-state index contributed by atoms with van der Waals surface area (Å²) in [7, 11) is 1.59. The quantitative estimate of drug-likeness (QED) is 0.900. The molecule has 0 radical (unpaired) electrons. The first-order chi connectivity index (χ1) is 6.63. The topological polar surface area (TPSA) is 38.3 Å². The third kappa shape index (κ3) is 3.03. The Labute approximate surface area is 91.6 Å². The number of benzene rings is 1. The minimum Gasteiger partial charge on any atom is -0.481 e. The zero-order valence-corrected chi connectivity index (χ0v) is 9.67. The van der Waals surface area contributed by atoms with E-state index in [1.54, 1.807) is 14.0 Å². The summed E-state index contributed by atoms with van der Waals surface area (Å²) < 4.78 is 6.34. The van der Waals surface area contributed by atoms with Gasteiger partial charge in [0.1, 0.15) is 5.75 Å². The molecule has 1 N–H and O–H groups in total. The largest absolute Gasteiger partial charge is 0.481 e. The predicted molar refractivity (Wildman–Crippen MR) is 58.3 cm³/mol. The number of halogens is 1. The molecular formula is C10H12BrNO2. The Morgan fingerprint density at radius 1 is 1.57 bits per heavy atom. The van der Waals surface area contributed by atoms with Gasteiger partial charge in [-0.2, -0.15) is 0 Å². The van der Waals surface area contributed by atoms with Crippen LogP contribution in [0.4, 0.5) is 0 Å². The van der Waals surface area contributed by atoms with Gasteiger partial charge in [-0.25, -0.2) is 0 Å². The van der Waals surface area contributed by atoms with Crippen LogP contribution < -0.4 is 10.1 Å². The summed E-state index contributed by atoms with van der Waals surface area (Å²) in [5, 5.41) is 2.52. The molecule has 3 nitrogen and oxygen atoms in total. The van der Waals surface area contributed by atoms with E-state index in [9.17, 15) is 4.79 Å². The van der Waals surface area contributed by atoms with Gasteiger partial charge in [-0.3, -0.25) is 4.79 Å². The molecule has 1 aromatic rings. The molecule has 0 bridgehead atoms. The van der Waals surface area contributed by atoms with Crippen LogP contribution in [0.25, 0.3) is 0 Å². The third-order valence-electron chi connectivity index (χ3n) is 1.72. The second kappa shape index (κ2) is 5.00. The van der Waals surface area contributed by atoms with Gasteiger partial charge in [-0.15, -0.1) is 0 Å². The highest BCUT2D eigenvalue weighted by molar-refractivity contribution is 9.10. The Morgan fingerprint density at radius 2 is 2.29 bits per heavy atom. The molecule has 0 aliphatic rings. The number of rotatable bonds is 3. The minimum atomic E-state index is -0.478. The van der Waals surface area contributed by atoms with Crippen LogP contribution in [-0.2, 0) is 4.79 Å². The molecule has 1 amide bonds. The van der Waals surface area contributed by atoms with Crippen LogP contribution in [0.5, 0.6) is 5.75 Å². The minimum absolute atomic E-state index is 0.134. The van der Waals surface area contributed by atoms with Crippen LogP contribution >= 0.6 is 15.9 Å². The van der Waals surface area contributed by atoms with Crippen molar-refractivity contribution >= 4 is 21.8 Å². The monoisotopic (exact) mass is 257 g/mol. The number of ether oxygens (including phenoxy) is 1. The van der Waals surface area contributed by atoms with Crippen molar-refractivity contribution in [1.82, 2.24) is 5.32 Å². The standard InChI is InChI=1S/C10H12BrNO2/c1-7(10(13)12-2)14-9-5-3-4-8(11)6-9/h3-7H,1-2H3,(H,12,13). The zero-order valence-electron chi connectivity index (χ0n) is 8.08. The van der Waals surface area contributed by atoms with Gasteiger partial charge in [-0.05, 0) is 25.1 Å². The second-order valence-electron chi connectivity index (χ2n) is 2.83. The summed E-state index contributed by atoms with van der Waals surface area (Å²) in [6.07, 6.45) is -0.478. The smallest absolute Gasteiger partial charge is 0.260 e. The Kier molecular flexibility index (Phi) is 3.95. The van der Waals surface area contributed by atoms with E-state index in [1.807, 2.05) is 24.3 Å². The number of amides is 1. The number of hydrogen-bond acceptors (Lipinski definition) is 2. The molecule has 1 rings (SSSR count). The molecule has 4 heteroatoms. The molecule has 76 valence electrons. The van der Waals surface area contributed by atoms with Gasteiger partial charge in [0.15, 0.2) is 6.10 Å². The van der Waals surface area contributed by atoms with Crippen molar-refractivity contribution < 1.29 is 9.53 Å². The molecule has 0 spiro atoms. The Balaban J connectivity index is 2.64. The van der Waals surface area contributed by atoms with Crippen molar-refractivity contribution in [3.05, 3.63) is 28.7 Å². The molecule has 0 saturated heterocycles. The van der Waals surface area contributed by atoms with Crippen LogP contribution in [0, 0.1) is 0 Å². The highest BCUT2D eigenvalue weighted by Crippen LogP contribution is 2.18. The molecule has 0 aromatic heterocycles. The van der Waals surface area contributed by atoms with Gasteiger partial charge in [0.2, 0.25) is 0 Å². The lowest BCUT2D eigenvalue weighted by molar-refractivity contribution is -0.126. The van der Waals surface area contributed by atoms with Gasteiger partial charge < -0.3 is 10.1 Å². The lowest BCUT2D eigenvalue weighted by atomic mass is 10.3. The van der Waals surface area contributed by atoms with Crippen LogP contribution in [0.15, 0.2) is 28.7 Å². The molecule has 1 unspecified atom stereocenters. The lowest BCUT2D eigenvalue weighted by Gasteiger charge is -2.12. The summed E-state index contributed by atoms with van der Waals surface area (Å²) in [5.74, 6) is 0.542. The van der Waals surface area contributed by atoms with Crippen molar-refractivity contribution in [1.29, 1.82) is 0 Å². The van der Waals surface area contributed by atoms with E-state index in [1.165, 1.54) is 0 Å². The Bertz CT molecular complexity index is 328. The number of carbonyl (C=O) groups excluding carboxylic acids is 1. The van der Waals surface area contributed by atoms with Crippen molar-refractivity contribution in [3.63, 3.8) is 0 Å². The molecule has 0 heterocycles. The first kappa shape index (κ1) is 11.0. The number of nitrogens with one attached hydrogen (secondary N) is 1. The lowest BCUT2D eigenvalue weighted by Crippen LogP contribution is -2.33. The summed E-state index contributed by atoms with van der Waals surface area (Å²) in [6.45, 7) is 1.71. The SMILES string of the molecule is CNC(=O)C(C)Oc1cccc(Br)c1. The van der Waals surface area contributed by atoms with Crippen molar-refractivity contribution in [3.8, 4) is 5.75 Å². The van der Waals surface area contributed by atoms with Gasteiger partial charge in [0.25, 0.3) is 5.91 Å². The number of carbonyl (C=O) groups is 1. The first-order valence-corrected chi connectivity index (χ1v) is 5.06. The maximum atomic E-state index is 11.2. The van der Waals surface area contributed by atoms with E-state index in [0.29, 0.717) is 5.75 Å². The van der Waals surface area contributed by atoms with E-state index >= 15 is 0 Å². The van der Waals surface area contributed by atoms with Crippen molar-refractivity contribution in [2.75, 3.05) is 7.05 Å². The zero-order chi connectivity index (χ0) is 10.6. The fourth-order valence-corrected chi connectivity index (χ4v) is 1.38. The molecule has 1 atom stereocenters. The van der Waals surface area contributed by atoms with Crippen molar-refractivity contribution in [2.45, 2.75) is 13.0 Å². The fourth-order valence-electron chi connectivity index (χ4n) is 1.00. The Hall–Kier alpha value is -1.03. The number of hydrogen-bond donors (Lipinski definition) is 1. The van der Waals surface area contributed by atoms with E-state index < -0.39 is 6.10 Å². The van der Waals surface area contributed by atoms with E-state index in [4.69, 9.17) is 4.74 Å². The molecule has 0 aliphatic heterocycles. The molecule has 0 aliphatic carbocycles. The highest BCUT2D eigenvalue weighted by Gasteiger charge is 2.11. The van der Waals surface area contributed by atoms with E-state index in [2.05, 4.69) is 21.2 Å². The van der Waals surface area contributed by atoms with Crippen molar-refractivity contribution in [2.24, 2.45) is 0 Å². The van der Waals surface area contributed by atoms with Crippen LogP contribution in [-0.4, -0.2) is 19.1 Å². The van der Waals surface area contributed by atoms with E-state index in [-0.39, 0.29) is 5.91 Å². The van der Waals surface area contributed by atoms with Crippen LogP contribution in [0.3, 0.4) is 0 Å². The summed E-state index contributed by atoms with van der Waals surface area (Å²) >= 11 is 3.33. The summed E-state index contributed by atoms with van der Waals surface area (Å²) in [4.78, 5) is 11.2. The maximum Gasteiger partial charge on any atom is 0.260 e. The van der Waals surface area contributed by atoms with Gasteiger partial charge in [0, 0.05) is 11.5 Å². The first-order valence-electron chi connectivity index (χ1n) is 4.27. The highest BCUT2D eigenvalue weighted by atomic mass is 79.9. The summed E-state index contributed by atoms with van der Waals surface area (Å²) in [5.41, 5.74) is 0. The molecule has 1 aromatic carbocycles. The second-order valence-corrected chi connectivity index (χ2v) is 3.75. The van der Waals surface area contributed by atoms with Gasteiger partial charge >= 0.3 is 0 Å². The van der Waals surface area contributed by atoms with Gasteiger partial charge in [0.05, 0.1) is 0 Å².